The molecular weight excluding hydrogens is 443 g/mol. The van der Waals surface area contributed by atoms with E-state index in [9.17, 15) is 29.5 Å². The van der Waals surface area contributed by atoms with E-state index in [1.807, 2.05) is 48.5 Å². The van der Waals surface area contributed by atoms with Gasteiger partial charge >= 0.3 is 6.09 Å². The molecule has 0 aliphatic heterocycles. The summed E-state index contributed by atoms with van der Waals surface area (Å²) in [6.45, 7) is 0.115. The maximum absolute atomic E-state index is 13.6. The van der Waals surface area contributed by atoms with Crippen molar-refractivity contribution < 1.29 is 29.1 Å². The van der Waals surface area contributed by atoms with Gasteiger partial charge in [-0.1, -0.05) is 48.5 Å². The number of nitrogens with zero attached hydrogens (tertiary/aromatic N) is 1. The van der Waals surface area contributed by atoms with Crippen LogP contribution in [-0.4, -0.2) is 40.5 Å². The first-order valence-corrected chi connectivity index (χ1v) is 10.7. The van der Waals surface area contributed by atoms with Crippen LogP contribution >= 0.6 is 0 Å². The normalized spacial score (nSPS) is 14.1. The van der Waals surface area contributed by atoms with Crippen LogP contribution in [0, 0.1) is 15.9 Å². The topological polar surface area (TPSA) is 122 Å². The van der Waals surface area contributed by atoms with Crippen LogP contribution in [0.15, 0.2) is 66.7 Å². The van der Waals surface area contributed by atoms with Crippen molar-refractivity contribution in [1.29, 1.82) is 0 Å². The van der Waals surface area contributed by atoms with Gasteiger partial charge in [-0.15, -0.1) is 0 Å². The van der Waals surface area contributed by atoms with Gasteiger partial charge in [0.1, 0.15) is 18.5 Å². The van der Waals surface area contributed by atoms with Crippen LogP contribution in [0.2, 0.25) is 0 Å². The number of halogens is 1. The molecule has 2 atom stereocenters. The molecule has 2 unspecified atom stereocenters. The number of hydrogen-bond donors (Lipinski definition) is 3. The van der Waals surface area contributed by atoms with E-state index in [-0.39, 0.29) is 31.1 Å². The van der Waals surface area contributed by atoms with Crippen molar-refractivity contribution in [2.24, 2.45) is 0 Å². The predicted molar refractivity (Wildman–Crippen MR) is 122 cm³/mol. The number of carbonyl (C=O) groups is 1. The maximum Gasteiger partial charge on any atom is 0.407 e. The fourth-order valence-corrected chi connectivity index (χ4v) is 4.22. The van der Waals surface area contributed by atoms with Gasteiger partial charge in [-0.2, -0.15) is 0 Å². The molecule has 34 heavy (non-hydrogen) atoms. The zero-order valence-electron chi connectivity index (χ0n) is 18.1. The lowest BCUT2D eigenvalue weighted by Gasteiger charge is -2.19. The van der Waals surface area contributed by atoms with E-state index in [4.69, 9.17) is 4.74 Å². The minimum atomic E-state index is -1.56. The van der Waals surface area contributed by atoms with E-state index in [1.165, 1.54) is 0 Å². The smallest absolute Gasteiger partial charge is 0.407 e. The Hall–Kier alpha value is -3.82. The SMILES string of the molecule is O=C(NCCC(O)C(O)c1cc(F)cc([N+](=O)[O-])c1)OCC1c2ccccc2-c2ccccc21. The highest BCUT2D eigenvalue weighted by Gasteiger charge is 2.29. The fraction of sp³-hybridized carbons (Fsp3) is 0.240. The summed E-state index contributed by atoms with van der Waals surface area (Å²) in [5, 5.41) is 33.8. The van der Waals surface area contributed by atoms with Crippen LogP contribution in [0.3, 0.4) is 0 Å². The second-order valence-corrected chi connectivity index (χ2v) is 8.05. The average Bonchev–Trinajstić information content (AvgIpc) is 3.15. The van der Waals surface area contributed by atoms with E-state index >= 15 is 0 Å². The Labute approximate surface area is 194 Å². The Morgan fingerprint density at radius 2 is 1.68 bits per heavy atom. The molecule has 0 aromatic heterocycles. The number of hydrogen-bond acceptors (Lipinski definition) is 6. The van der Waals surface area contributed by atoms with E-state index in [1.54, 1.807) is 0 Å². The molecule has 3 aromatic rings. The lowest BCUT2D eigenvalue weighted by molar-refractivity contribution is -0.385. The van der Waals surface area contributed by atoms with Crippen LogP contribution in [0.5, 0.6) is 0 Å². The minimum Gasteiger partial charge on any atom is -0.449 e. The number of nitrogens with one attached hydrogen (secondary N) is 1. The van der Waals surface area contributed by atoms with Crippen molar-refractivity contribution in [2.75, 3.05) is 13.2 Å². The molecule has 1 amide bonds. The number of aliphatic hydroxyl groups excluding tert-OH is 2. The molecule has 0 bridgehead atoms. The quantitative estimate of drug-likeness (QED) is 0.340. The van der Waals surface area contributed by atoms with E-state index < -0.39 is 34.7 Å². The van der Waals surface area contributed by atoms with Crippen molar-refractivity contribution >= 4 is 11.8 Å². The van der Waals surface area contributed by atoms with Crippen molar-refractivity contribution in [3.8, 4) is 11.1 Å². The van der Waals surface area contributed by atoms with Gasteiger partial charge in [0.05, 0.1) is 17.1 Å². The Bertz CT molecular complexity index is 1170. The molecule has 1 aliphatic carbocycles. The molecule has 0 spiro atoms. The maximum atomic E-state index is 13.6. The summed E-state index contributed by atoms with van der Waals surface area (Å²) >= 11 is 0. The summed E-state index contributed by atoms with van der Waals surface area (Å²) in [4.78, 5) is 22.3. The van der Waals surface area contributed by atoms with Crippen LogP contribution in [0.1, 0.15) is 35.1 Å². The van der Waals surface area contributed by atoms with Crippen LogP contribution in [-0.2, 0) is 4.74 Å². The first kappa shape index (κ1) is 23.3. The number of benzene rings is 3. The monoisotopic (exact) mass is 466 g/mol. The molecule has 9 heteroatoms. The molecule has 0 saturated heterocycles. The molecule has 3 aromatic carbocycles. The Morgan fingerprint density at radius 3 is 2.29 bits per heavy atom. The van der Waals surface area contributed by atoms with E-state index in [0.717, 1.165) is 40.5 Å². The van der Waals surface area contributed by atoms with Gasteiger partial charge < -0.3 is 20.3 Å². The summed E-state index contributed by atoms with van der Waals surface area (Å²) in [7, 11) is 0. The Morgan fingerprint density at radius 1 is 1.06 bits per heavy atom. The number of nitro benzene ring substituents is 1. The number of alkyl carbamates (subject to hydrolysis) is 1. The van der Waals surface area contributed by atoms with Crippen LogP contribution < -0.4 is 5.32 Å². The molecule has 176 valence electrons. The lowest BCUT2D eigenvalue weighted by atomic mass is 9.98. The summed E-state index contributed by atoms with van der Waals surface area (Å²) < 4.78 is 19.0. The largest absolute Gasteiger partial charge is 0.449 e. The van der Waals surface area contributed by atoms with Gasteiger partial charge in [0.2, 0.25) is 0 Å². The molecule has 0 fully saturated rings. The van der Waals surface area contributed by atoms with Crippen molar-refractivity contribution in [3.05, 3.63) is 99.4 Å². The molecule has 0 heterocycles. The van der Waals surface area contributed by atoms with Gasteiger partial charge in [0, 0.05) is 18.5 Å². The second-order valence-electron chi connectivity index (χ2n) is 8.05. The van der Waals surface area contributed by atoms with Gasteiger partial charge in [-0.3, -0.25) is 10.1 Å². The van der Waals surface area contributed by atoms with Gasteiger partial charge in [0.15, 0.2) is 0 Å². The number of fused-ring (bicyclic) bond motifs is 3. The summed E-state index contributed by atoms with van der Waals surface area (Å²) in [5.41, 5.74) is 3.74. The number of amides is 1. The highest BCUT2D eigenvalue weighted by atomic mass is 19.1. The standard InChI is InChI=1S/C25H23FN2O6/c26-16-11-15(12-17(13-16)28(32)33)24(30)23(29)9-10-27-25(31)34-14-22-20-7-3-1-5-18(20)19-6-2-4-8-21(19)22/h1-8,11-13,22-24,29-30H,9-10,14H2,(H,27,31). The summed E-state index contributed by atoms with van der Waals surface area (Å²) in [5.74, 6) is -0.985. The third-order valence-electron chi connectivity index (χ3n) is 5.87. The van der Waals surface area contributed by atoms with Crippen molar-refractivity contribution in [1.82, 2.24) is 5.32 Å². The number of ether oxygens (including phenoxy) is 1. The zero-order chi connectivity index (χ0) is 24.2. The Balaban J connectivity index is 1.29. The number of nitro groups is 1. The highest BCUT2D eigenvalue weighted by Crippen LogP contribution is 2.44. The van der Waals surface area contributed by atoms with Crippen LogP contribution in [0.4, 0.5) is 14.9 Å². The molecule has 1 aliphatic rings. The minimum absolute atomic E-state index is 0.0215. The molecular formula is C25H23FN2O6. The molecule has 0 saturated carbocycles. The lowest BCUT2D eigenvalue weighted by Crippen LogP contribution is -2.30. The van der Waals surface area contributed by atoms with Crippen molar-refractivity contribution in [3.63, 3.8) is 0 Å². The number of non-ortho nitro benzene ring substituents is 1. The molecule has 4 rings (SSSR count). The van der Waals surface area contributed by atoms with Gasteiger partial charge in [0.25, 0.3) is 5.69 Å². The molecule has 0 radical (unpaired) electrons. The van der Waals surface area contributed by atoms with Crippen molar-refractivity contribution in [2.45, 2.75) is 24.5 Å². The molecule has 3 N–H and O–H groups in total. The predicted octanol–water partition coefficient (Wildman–Crippen LogP) is 4.06. The third-order valence-corrected chi connectivity index (χ3v) is 5.87. The summed E-state index contributed by atoms with van der Waals surface area (Å²) in [6.07, 6.45) is -3.69. The zero-order valence-corrected chi connectivity index (χ0v) is 18.1. The number of rotatable bonds is 8. The first-order valence-electron chi connectivity index (χ1n) is 10.7. The average molecular weight is 466 g/mol. The van der Waals surface area contributed by atoms with Crippen LogP contribution in [0.25, 0.3) is 11.1 Å². The van der Waals surface area contributed by atoms with Gasteiger partial charge in [-0.25, -0.2) is 9.18 Å². The fourth-order valence-electron chi connectivity index (χ4n) is 4.22. The molecule has 8 nitrogen and oxygen atoms in total. The first-order chi connectivity index (χ1) is 16.3. The van der Waals surface area contributed by atoms with E-state index in [0.29, 0.717) is 0 Å². The number of aliphatic hydroxyl groups is 2. The summed E-state index contributed by atoms with van der Waals surface area (Å²) in [6, 6.07) is 18.5. The van der Waals surface area contributed by atoms with E-state index in [2.05, 4.69) is 5.32 Å². The van der Waals surface area contributed by atoms with Gasteiger partial charge in [-0.05, 0) is 40.3 Å². The second kappa shape index (κ2) is 9.98. The third kappa shape index (κ3) is 4.90. The highest BCUT2D eigenvalue weighted by molar-refractivity contribution is 5.79. The Kier molecular flexibility index (Phi) is 6.85. The number of carbonyl (C=O) groups excluding carboxylic acids is 1.